The SMILES string of the molecule is CC(C)CNC(=O)CC1CC2(CCN(C(=O)Nc3ccccc3)CC2)Oc2ccccc21. The van der Waals surface area contributed by atoms with E-state index in [9.17, 15) is 9.59 Å². The standard InChI is InChI=1S/C26H33N3O3/c1-19(2)18-27-24(30)16-20-17-26(32-23-11-7-6-10-22(20)23)12-14-29(15-13-26)25(31)28-21-8-4-3-5-9-21/h3-11,19-20H,12-18H2,1-2H3,(H,27,30)(H,28,31). The number of nitrogens with one attached hydrogen (secondary N) is 2. The van der Waals surface area contributed by atoms with Crippen LogP contribution in [0.2, 0.25) is 0 Å². The number of urea groups is 1. The molecule has 4 rings (SSSR count). The van der Waals surface area contributed by atoms with Crippen molar-refractivity contribution >= 4 is 17.6 Å². The molecule has 1 atom stereocenters. The molecule has 2 aliphatic rings. The molecule has 1 spiro atoms. The maximum atomic E-state index is 12.7. The first-order chi connectivity index (χ1) is 15.4. The molecule has 2 N–H and O–H groups in total. The molecule has 2 heterocycles. The van der Waals surface area contributed by atoms with E-state index in [1.807, 2.05) is 53.4 Å². The number of nitrogens with zero attached hydrogens (tertiary/aromatic N) is 1. The molecule has 2 aromatic carbocycles. The number of para-hydroxylation sites is 2. The summed E-state index contributed by atoms with van der Waals surface area (Å²) in [6.07, 6.45) is 2.78. The average Bonchev–Trinajstić information content (AvgIpc) is 2.79. The van der Waals surface area contributed by atoms with Crippen molar-refractivity contribution in [3.63, 3.8) is 0 Å². The Morgan fingerprint density at radius 1 is 1.06 bits per heavy atom. The lowest BCUT2D eigenvalue weighted by atomic mass is 9.76. The van der Waals surface area contributed by atoms with Crippen LogP contribution in [0.3, 0.4) is 0 Å². The van der Waals surface area contributed by atoms with E-state index in [0.717, 1.165) is 36.3 Å². The van der Waals surface area contributed by atoms with Gasteiger partial charge < -0.3 is 20.3 Å². The van der Waals surface area contributed by atoms with Crippen LogP contribution < -0.4 is 15.4 Å². The Balaban J connectivity index is 1.41. The van der Waals surface area contributed by atoms with E-state index in [4.69, 9.17) is 4.74 Å². The van der Waals surface area contributed by atoms with Gasteiger partial charge in [0.1, 0.15) is 11.4 Å². The van der Waals surface area contributed by atoms with Crippen LogP contribution in [0, 0.1) is 5.92 Å². The van der Waals surface area contributed by atoms with Crippen LogP contribution in [0.5, 0.6) is 5.75 Å². The van der Waals surface area contributed by atoms with E-state index >= 15 is 0 Å². The Labute approximate surface area is 190 Å². The molecule has 2 aromatic rings. The van der Waals surface area contributed by atoms with Gasteiger partial charge in [-0.1, -0.05) is 50.2 Å². The van der Waals surface area contributed by atoms with Crippen LogP contribution >= 0.6 is 0 Å². The molecule has 0 bridgehead atoms. The molecule has 6 heteroatoms. The fourth-order valence-corrected chi connectivity index (χ4v) is 4.69. The fourth-order valence-electron chi connectivity index (χ4n) is 4.69. The van der Waals surface area contributed by atoms with E-state index in [1.165, 1.54) is 0 Å². The number of likely N-dealkylation sites (tertiary alicyclic amines) is 1. The number of piperidine rings is 1. The molecule has 0 radical (unpaired) electrons. The second-order valence-electron chi connectivity index (χ2n) is 9.41. The molecule has 1 fully saturated rings. The molecular weight excluding hydrogens is 402 g/mol. The van der Waals surface area contributed by atoms with Gasteiger partial charge in [0.15, 0.2) is 0 Å². The zero-order chi connectivity index (χ0) is 22.6. The van der Waals surface area contributed by atoms with Gasteiger partial charge in [0, 0.05) is 50.5 Å². The van der Waals surface area contributed by atoms with Crippen molar-refractivity contribution in [2.24, 2.45) is 5.92 Å². The van der Waals surface area contributed by atoms with Crippen LogP contribution in [0.15, 0.2) is 54.6 Å². The number of rotatable bonds is 5. The van der Waals surface area contributed by atoms with Gasteiger partial charge in [0.2, 0.25) is 5.91 Å². The van der Waals surface area contributed by atoms with Gasteiger partial charge in [0.25, 0.3) is 0 Å². The van der Waals surface area contributed by atoms with Gasteiger partial charge in [-0.2, -0.15) is 0 Å². The highest BCUT2D eigenvalue weighted by atomic mass is 16.5. The van der Waals surface area contributed by atoms with Crippen LogP contribution in [-0.4, -0.2) is 42.1 Å². The average molecular weight is 436 g/mol. The van der Waals surface area contributed by atoms with Crippen LogP contribution in [0.1, 0.15) is 51.0 Å². The lowest BCUT2D eigenvalue weighted by molar-refractivity contribution is -0.122. The zero-order valence-corrected chi connectivity index (χ0v) is 19.0. The van der Waals surface area contributed by atoms with Crippen LogP contribution in [0.25, 0.3) is 0 Å². The maximum Gasteiger partial charge on any atom is 0.321 e. The van der Waals surface area contributed by atoms with Gasteiger partial charge in [-0.15, -0.1) is 0 Å². The van der Waals surface area contributed by atoms with Crippen molar-refractivity contribution in [3.8, 4) is 5.75 Å². The minimum absolute atomic E-state index is 0.0770. The van der Waals surface area contributed by atoms with Gasteiger partial charge >= 0.3 is 6.03 Å². The lowest BCUT2D eigenvalue weighted by Crippen LogP contribution is -2.52. The second-order valence-corrected chi connectivity index (χ2v) is 9.41. The van der Waals surface area contributed by atoms with Gasteiger partial charge in [-0.05, 0) is 36.1 Å². The molecule has 0 aromatic heterocycles. The highest BCUT2D eigenvalue weighted by Gasteiger charge is 2.44. The Morgan fingerprint density at radius 3 is 2.47 bits per heavy atom. The predicted molar refractivity (Wildman–Crippen MR) is 126 cm³/mol. The number of fused-ring (bicyclic) bond motifs is 1. The van der Waals surface area contributed by atoms with Crippen LogP contribution in [0.4, 0.5) is 10.5 Å². The molecule has 0 aliphatic carbocycles. The number of carbonyl (C=O) groups excluding carboxylic acids is 2. The van der Waals surface area contributed by atoms with Gasteiger partial charge in [-0.3, -0.25) is 4.79 Å². The largest absolute Gasteiger partial charge is 0.487 e. The number of amides is 3. The summed E-state index contributed by atoms with van der Waals surface area (Å²) < 4.78 is 6.53. The molecular formula is C26H33N3O3. The fraction of sp³-hybridized carbons (Fsp3) is 0.462. The predicted octanol–water partition coefficient (Wildman–Crippen LogP) is 4.78. The number of benzene rings is 2. The Bertz CT molecular complexity index is 936. The summed E-state index contributed by atoms with van der Waals surface area (Å²) in [4.78, 5) is 27.1. The van der Waals surface area contributed by atoms with Crippen molar-refractivity contribution in [3.05, 3.63) is 60.2 Å². The molecule has 32 heavy (non-hydrogen) atoms. The zero-order valence-electron chi connectivity index (χ0n) is 19.0. The summed E-state index contributed by atoms with van der Waals surface area (Å²) in [5, 5.41) is 6.03. The van der Waals surface area contributed by atoms with E-state index in [-0.39, 0.29) is 23.5 Å². The van der Waals surface area contributed by atoms with Gasteiger partial charge in [-0.25, -0.2) is 4.79 Å². The summed E-state index contributed by atoms with van der Waals surface area (Å²) in [7, 11) is 0. The van der Waals surface area contributed by atoms with E-state index in [1.54, 1.807) is 0 Å². The third kappa shape index (κ3) is 5.23. The first-order valence-electron chi connectivity index (χ1n) is 11.6. The summed E-state index contributed by atoms with van der Waals surface area (Å²) in [5.41, 5.74) is 1.58. The third-order valence-electron chi connectivity index (χ3n) is 6.43. The normalized spacial score (nSPS) is 19.2. The summed E-state index contributed by atoms with van der Waals surface area (Å²) in [6, 6.07) is 17.5. The number of ether oxygens (including phenoxy) is 1. The van der Waals surface area contributed by atoms with Crippen molar-refractivity contribution in [1.82, 2.24) is 10.2 Å². The van der Waals surface area contributed by atoms with E-state index in [2.05, 4.69) is 30.5 Å². The van der Waals surface area contributed by atoms with Crippen molar-refractivity contribution < 1.29 is 14.3 Å². The number of hydrogen-bond acceptors (Lipinski definition) is 3. The molecule has 170 valence electrons. The molecule has 2 aliphatic heterocycles. The molecule has 1 saturated heterocycles. The third-order valence-corrected chi connectivity index (χ3v) is 6.43. The molecule has 6 nitrogen and oxygen atoms in total. The first kappa shape index (κ1) is 22.2. The Morgan fingerprint density at radius 2 is 1.75 bits per heavy atom. The quantitative estimate of drug-likeness (QED) is 0.710. The van der Waals surface area contributed by atoms with Crippen molar-refractivity contribution in [2.45, 2.75) is 51.0 Å². The van der Waals surface area contributed by atoms with E-state index in [0.29, 0.717) is 32.0 Å². The number of hydrogen-bond donors (Lipinski definition) is 2. The summed E-state index contributed by atoms with van der Waals surface area (Å²) >= 11 is 0. The highest BCUT2D eigenvalue weighted by molar-refractivity contribution is 5.89. The summed E-state index contributed by atoms with van der Waals surface area (Å²) in [5.74, 6) is 1.52. The monoisotopic (exact) mass is 435 g/mol. The molecule has 1 unspecified atom stereocenters. The number of carbonyl (C=O) groups is 2. The molecule has 3 amide bonds. The van der Waals surface area contributed by atoms with Gasteiger partial charge in [0.05, 0.1) is 0 Å². The first-order valence-corrected chi connectivity index (χ1v) is 11.6. The second kappa shape index (κ2) is 9.63. The Kier molecular flexibility index (Phi) is 6.68. The Hall–Kier alpha value is -3.02. The van der Waals surface area contributed by atoms with Crippen molar-refractivity contribution in [1.29, 1.82) is 0 Å². The lowest BCUT2D eigenvalue weighted by Gasteiger charge is -2.46. The number of anilines is 1. The topological polar surface area (TPSA) is 70.7 Å². The van der Waals surface area contributed by atoms with E-state index < -0.39 is 0 Å². The maximum absolute atomic E-state index is 12.7. The van der Waals surface area contributed by atoms with Crippen molar-refractivity contribution in [2.75, 3.05) is 25.0 Å². The molecule has 0 saturated carbocycles. The summed E-state index contributed by atoms with van der Waals surface area (Å²) in [6.45, 7) is 6.15. The highest BCUT2D eigenvalue weighted by Crippen LogP contribution is 2.46. The minimum atomic E-state index is -0.332. The van der Waals surface area contributed by atoms with Crippen LogP contribution in [-0.2, 0) is 4.79 Å². The minimum Gasteiger partial charge on any atom is -0.487 e. The smallest absolute Gasteiger partial charge is 0.321 e.